The summed E-state index contributed by atoms with van der Waals surface area (Å²) in [5, 5.41) is 11.3. The predicted octanol–water partition coefficient (Wildman–Crippen LogP) is 2.03. The molecule has 2 N–H and O–H groups in total. The number of aromatic nitrogens is 2. The van der Waals surface area contributed by atoms with E-state index in [1.807, 2.05) is 24.3 Å². The molecular weight excluding hydrogens is 373 g/mol. The molecule has 0 saturated carbocycles. The Bertz CT molecular complexity index is 700. The summed E-state index contributed by atoms with van der Waals surface area (Å²) < 4.78 is 1.73. The maximum Gasteiger partial charge on any atom is 0.254 e. The van der Waals surface area contributed by atoms with Crippen molar-refractivity contribution in [3.05, 3.63) is 52.8 Å². The lowest BCUT2D eigenvalue weighted by Gasteiger charge is -2.27. The zero-order valence-electron chi connectivity index (χ0n) is 14.7. The molecule has 142 valence electrons. The highest BCUT2D eigenvalue weighted by Gasteiger charge is 2.11. The van der Waals surface area contributed by atoms with Crippen molar-refractivity contribution in [3.63, 3.8) is 0 Å². The van der Waals surface area contributed by atoms with Gasteiger partial charge in [-0.25, -0.2) is 0 Å². The molecule has 2 heterocycles. The molecule has 2 aromatic rings. The summed E-state index contributed by atoms with van der Waals surface area (Å²) in [5.41, 5.74) is 1.56. The number of nitrogens with zero attached hydrogens (tertiary/aromatic N) is 3. The Morgan fingerprint density at radius 2 is 2.04 bits per heavy atom. The van der Waals surface area contributed by atoms with Gasteiger partial charge in [-0.15, -0.1) is 12.4 Å². The molecule has 26 heavy (non-hydrogen) atoms. The van der Waals surface area contributed by atoms with Gasteiger partial charge in [0.1, 0.15) is 0 Å². The summed E-state index contributed by atoms with van der Waals surface area (Å²) in [5.74, 6) is -0.0780. The van der Waals surface area contributed by atoms with Crippen LogP contribution in [-0.2, 0) is 6.54 Å². The van der Waals surface area contributed by atoms with Gasteiger partial charge < -0.3 is 15.5 Å². The van der Waals surface area contributed by atoms with Crippen molar-refractivity contribution in [1.82, 2.24) is 25.3 Å². The van der Waals surface area contributed by atoms with Crippen LogP contribution in [0.3, 0.4) is 0 Å². The molecule has 1 aliphatic heterocycles. The molecule has 0 radical (unpaired) electrons. The van der Waals surface area contributed by atoms with Crippen LogP contribution in [0.4, 0.5) is 0 Å². The van der Waals surface area contributed by atoms with E-state index in [9.17, 15) is 4.79 Å². The van der Waals surface area contributed by atoms with Gasteiger partial charge in [0.15, 0.2) is 0 Å². The third kappa shape index (κ3) is 5.99. The molecule has 1 saturated heterocycles. The standard InChI is InChI=1S/C18H24ClN5O.ClH/c19-17-5-2-1-4-15(17)13-24-14-16(12-22-24)18(25)21-6-3-9-23-10-7-20-8-11-23;/h1-2,4-5,12,14,20H,3,6-11,13H2,(H,21,25);1H. The second-order valence-corrected chi connectivity index (χ2v) is 6.63. The fourth-order valence-electron chi connectivity index (χ4n) is 2.91. The van der Waals surface area contributed by atoms with E-state index < -0.39 is 0 Å². The smallest absolute Gasteiger partial charge is 0.254 e. The van der Waals surface area contributed by atoms with Crippen LogP contribution in [-0.4, -0.2) is 59.9 Å². The molecule has 1 aromatic carbocycles. The average Bonchev–Trinajstić information content (AvgIpc) is 3.10. The molecule has 0 bridgehead atoms. The second-order valence-electron chi connectivity index (χ2n) is 6.22. The van der Waals surface area contributed by atoms with Crippen LogP contribution in [0.25, 0.3) is 0 Å². The largest absolute Gasteiger partial charge is 0.352 e. The van der Waals surface area contributed by atoms with Gasteiger partial charge in [-0.2, -0.15) is 5.10 Å². The predicted molar refractivity (Wildman–Crippen MR) is 106 cm³/mol. The first kappa shape index (κ1) is 20.7. The normalized spacial score (nSPS) is 14.7. The monoisotopic (exact) mass is 397 g/mol. The van der Waals surface area contributed by atoms with Gasteiger partial charge in [-0.05, 0) is 24.6 Å². The van der Waals surface area contributed by atoms with Crippen LogP contribution >= 0.6 is 24.0 Å². The van der Waals surface area contributed by atoms with Crippen molar-refractivity contribution in [2.24, 2.45) is 0 Å². The molecule has 0 aliphatic carbocycles. The highest BCUT2D eigenvalue weighted by atomic mass is 35.5. The number of nitrogens with one attached hydrogen (secondary N) is 2. The van der Waals surface area contributed by atoms with E-state index in [-0.39, 0.29) is 18.3 Å². The SMILES string of the molecule is Cl.O=C(NCCCN1CCNCC1)c1cnn(Cc2ccccc2Cl)c1. The molecule has 1 aliphatic rings. The number of carbonyl (C=O) groups is 1. The fraction of sp³-hybridized carbons (Fsp3) is 0.444. The van der Waals surface area contributed by atoms with Crippen LogP contribution < -0.4 is 10.6 Å². The van der Waals surface area contributed by atoms with E-state index in [1.165, 1.54) is 0 Å². The van der Waals surface area contributed by atoms with Crippen LogP contribution in [0.15, 0.2) is 36.7 Å². The van der Waals surface area contributed by atoms with Crippen molar-refractivity contribution < 1.29 is 4.79 Å². The minimum absolute atomic E-state index is 0. The number of amides is 1. The highest BCUT2D eigenvalue weighted by Crippen LogP contribution is 2.16. The third-order valence-electron chi connectivity index (χ3n) is 4.33. The van der Waals surface area contributed by atoms with Gasteiger partial charge in [-0.3, -0.25) is 9.48 Å². The number of hydrogen-bond acceptors (Lipinski definition) is 4. The fourth-order valence-corrected chi connectivity index (χ4v) is 3.11. The van der Waals surface area contributed by atoms with Gasteiger partial charge in [0.05, 0.1) is 18.3 Å². The number of benzene rings is 1. The lowest BCUT2D eigenvalue weighted by molar-refractivity contribution is 0.0951. The Kier molecular flexibility index (Phi) is 8.38. The van der Waals surface area contributed by atoms with Gasteiger partial charge in [0.25, 0.3) is 5.91 Å². The summed E-state index contributed by atoms with van der Waals surface area (Å²) in [6, 6.07) is 7.65. The first-order valence-electron chi connectivity index (χ1n) is 8.69. The van der Waals surface area contributed by atoms with E-state index in [0.717, 1.165) is 44.7 Å². The lowest BCUT2D eigenvalue weighted by Crippen LogP contribution is -2.44. The summed E-state index contributed by atoms with van der Waals surface area (Å²) in [6.45, 7) is 6.53. The van der Waals surface area contributed by atoms with E-state index in [1.54, 1.807) is 17.1 Å². The van der Waals surface area contributed by atoms with E-state index >= 15 is 0 Å². The molecule has 0 atom stereocenters. The summed E-state index contributed by atoms with van der Waals surface area (Å²) >= 11 is 6.16. The molecule has 1 amide bonds. The number of piperazine rings is 1. The first-order valence-corrected chi connectivity index (χ1v) is 9.07. The minimum atomic E-state index is -0.0780. The minimum Gasteiger partial charge on any atom is -0.352 e. The van der Waals surface area contributed by atoms with Crippen LogP contribution in [0.2, 0.25) is 5.02 Å². The van der Waals surface area contributed by atoms with Crippen molar-refractivity contribution in [2.45, 2.75) is 13.0 Å². The van der Waals surface area contributed by atoms with E-state index in [2.05, 4.69) is 20.6 Å². The van der Waals surface area contributed by atoms with Crippen LogP contribution in [0, 0.1) is 0 Å². The number of halogens is 2. The quantitative estimate of drug-likeness (QED) is 0.701. The molecule has 3 rings (SSSR count). The third-order valence-corrected chi connectivity index (χ3v) is 4.70. The Balaban J connectivity index is 0.00000243. The molecule has 0 unspecified atom stereocenters. The molecule has 0 spiro atoms. The van der Waals surface area contributed by atoms with Crippen LogP contribution in [0.1, 0.15) is 22.3 Å². The Morgan fingerprint density at radius 3 is 2.81 bits per heavy atom. The van der Waals surface area contributed by atoms with Crippen molar-refractivity contribution in [1.29, 1.82) is 0 Å². The van der Waals surface area contributed by atoms with Crippen molar-refractivity contribution >= 4 is 29.9 Å². The molecule has 1 fully saturated rings. The highest BCUT2D eigenvalue weighted by molar-refractivity contribution is 6.31. The van der Waals surface area contributed by atoms with Gasteiger partial charge in [0.2, 0.25) is 0 Å². The van der Waals surface area contributed by atoms with Crippen molar-refractivity contribution in [3.8, 4) is 0 Å². The molecule has 6 nitrogen and oxygen atoms in total. The van der Waals surface area contributed by atoms with Crippen LogP contribution in [0.5, 0.6) is 0 Å². The Hall–Kier alpha value is -1.60. The summed E-state index contributed by atoms with van der Waals surface area (Å²) in [4.78, 5) is 14.6. The summed E-state index contributed by atoms with van der Waals surface area (Å²) in [6.07, 6.45) is 4.32. The van der Waals surface area contributed by atoms with E-state index in [0.29, 0.717) is 23.7 Å². The van der Waals surface area contributed by atoms with Gasteiger partial charge in [0, 0.05) is 43.9 Å². The van der Waals surface area contributed by atoms with Gasteiger partial charge in [-0.1, -0.05) is 29.8 Å². The van der Waals surface area contributed by atoms with Gasteiger partial charge >= 0.3 is 0 Å². The second kappa shape index (κ2) is 10.5. The Morgan fingerprint density at radius 1 is 1.27 bits per heavy atom. The molecule has 8 heteroatoms. The zero-order chi connectivity index (χ0) is 17.5. The average molecular weight is 398 g/mol. The molecule has 1 aromatic heterocycles. The number of rotatable bonds is 7. The molecular formula is C18H25Cl2N5O. The van der Waals surface area contributed by atoms with E-state index in [4.69, 9.17) is 11.6 Å². The topological polar surface area (TPSA) is 62.2 Å². The summed E-state index contributed by atoms with van der Waals surface area (Å²) in [7, 11) is 0. The maximum atomic E-state index is 12.2. The van der Waals surface area contributed by atoms with Crippen molar-refractivity contribution in [2.75, 3.05) is 39.3 Å². The number of carbonyl (C=O) groups excluding carboxylic acids is 1. The number of hydrogen-bond donors (Lipinski definition) is 2. The lowest BCUT2D eigenvalue weighted by atomic mass is 10.2. The first-order chi connectivity index (χ1) is 12.2. The Labute approximate surface area is 165 Å². The maximum absolute atomic E-state index is 12.2. The zero-order valence-corrected chi connectivity index (χ0v) is 16.2.